The van der Waals surface area contributed by atoms with Crippen LogP contribution in [0.15, 0.2) is 140 Å². The van der Waals surface area contributed by atoms with Crippen LogP contribution in [0.4, 0.5) is 0 Å². The van der Waals surface area contributed by atoms with E-state index in [2.05, 4.69) is 116 Å². The van der Waals surface area contributed by atoms with Gasteiger partial charge in [-0.3, -0.25) is 5.32 Å². The van der Waals surface area contributed by atoms with Crippen molar-refractivity contribution in [3.8, 4) is 28.3 Å². The number of rotatable bonds is 7. The second kappa shape index (κ2) is 11.7. The van der Waals surface area contributed by atoms with E-state index in [9.17, 15) is 5.26 Å². The average molecular weight is 582 g/mol. The smallest absolute Gasteiger partial charge is 0.0991 e. The highest BCUT2D eigenvalue weighted by Crippen LogP contribution is 2.53. The Kier molecular flexibility index (Phi) is 7.39. The van der Waals surface area contributed by atoms with Crippen molar-refractivity contribution in [3.05, 3.63) is 173 Å². The minimum atomic E-state index is -0.353. The van der Waals surface area contributed by atoms with Crippen molar-refractivity contribution < 1.29 is 0 Å². The quantitative estimate of drug-likeness (QED) is 0.185. The van der Waals surface area contributed by atoms with Gasteiger partial charge >= 0.3 is 0 Å². The van der Waals surface area contributed by atoms with E-state index in [1.807, 2.05) is 54.6 Å². The van der Waals surface area contributed by atoms with Gasteiger partial charge in [-0.05, 0) is 91.2 Å². The number of nitrogens with zero attached hydrogens (tertiary/aromatic N) is 1. The zero-order valence-corrected chi connectivity index (χ0v) is 25.5. The summed E-state index contributed by atoms with van der Waals surface area (Å²) in [6.07, 6.45) is 3.96. The Morgan fingerprint density at radius 3 is 2.16 bits per heavy atom. The summed E-state index contributed by atoms with van der Waals surface area (Å²) in [5.74, 6) is 0. The molecule has 2 atom stereocenters. The van der Waals surface area contributed by atoms with Gasteiger partial charge in [0.05, 0.1) is 23.8 Å². The molecule has 0 saturated heterocycles. The van der Waals surface area contributed by atoms with Gasteiger partial charge < -0.3 is 5.73 Å². The molecule has 0 fully saturated rings. The molecule has 1 aliphatic carbocycles. The average Bonchev–Trinajstić information content (AvgIpc) is 3.31. The summed E-state index contributed by atoms with van der Waals surface area (Å²) in [5.41, 5.74) is 18.2. The SMILES string of the molecule is CC1(C)c2cc3ccccc3cc2-c2c(-c3cccc(/C=C/C(NC(N)c4ccccc4)c4ccc(C#N)cc4)c3)cccc21. The molecule has 45 heavy (non-hydrogen) atoms. The molecule has 0 amide bonds. The molecular weight excluding hydrogens is 546 g/mol. The van der Waals surface area contributed by atoms with Crippen LogP contribution >= 0.6 is 0 Å². The van der Waals surface area contributed by atoms with Crippen LogP contribution < -0.4 is 11.1 Å². The van der Waals surface area contributed by atoms with Crippen LogP contribution in [0.3, 0.4) is 0 Å². The van der Waals surface area contributed by atoms with Gasteiger partial charge in [-0.1, -0.05) is 129 Å². The molecule has 0 bridgehead atoms. The molecule has 0 aliphatic heterocycles. The van der Waals surface area contributed by atoms with Crippen molar-refractivity contribution in [2.75, 3.05) is 0 Å². The number of nitriles is 1. The zero-order chi connectivity index (χ0) is 31.0. The Bertz CT molecular complexity index is 2080. The normalized spacial score (nSPS) is 14.5. The molecule has 3 heteroatoms. The van der Waals surface area contributed by atoms with E-state index < -0.39 is 0 Å². The number of nitrogens with one attached hydrogen (secondary N) is 1. The van der Waals surface area contributed by atoms with Crippen LogP contribution in [0.5, 0.6) is 0 Å². The van der Waals surface area contributed by atoms with Crippen LogP contribution in [0.1, 0.15) is 59.4 Å². The molecule has 7 rings (SSSR count). The molecule has 3 nitrogen and oxygen atoms in total. The summed E-state index contributed by atoms with van der Waals surface area (Å²) in [7, 11) is 0. The van der Waals surface area contributed by atoms with E-state index in [1.165, 1.54) is 44.2 Å². The minimum Gasteiger partial charge on any atom is -0.312 e. The van der Waals surface area contributed by atoms with E-state index >= 15 is 0 Å². The molecule has 6 aromatic carbocycles. The maximum atomic E-state index is 9.32. The number of fused-ring (bicyclic) bond motifs is 4. The van der Waals surface area contributed by atoms with E-state index in [0.717, 1.165) is 16.7 Å². The summed E-state index contributed by atoms with van der Waals surface area (Å²) in [6, 6.07) is 48.7. The molecule has 0 radical (unpaired) electrons. The highest BCUT2D eigenvalue weighted by molar-refractivity contribution is 5.98. The van der Waals surface area contributed by atoms with Gasteiger partial charge in [-0.15, -0.1) is 0 Å². The zero-order valence-electron chi connectivity index (χ0n) is 25.5. The molecule has 0 spiro atoms. The second-order valence-electron chi connectivity index (χ2n) is 12.3. The van der Waals surface area contributed by atoms with Crippen molar-refractivity contribution in [1.82, 2.24) is 5.32 Å². The van der Waals surface area contributed by atoms with Gasteiger partial charge in [0.25, 0.3) is 0 Å². The third-order valence-electron chi connectivity index (χ3n) is 9.16. The molecular formula is C42H35N3. The lowest BCUT2D eigenvalue weighted by molar-refractivity contribution is 0.509. The lowest BCUT2D eigenvalue weighted by Crippen LogP contribution is -2.31. The predicted molar refractivity (Wildman–Crippen MR) is 186 cm³/mol. The number of hydrogen-bond donors (Lipinski definition) is 2. The number of benzene rings is 6. The van der Waals surface area contributed by atoms with E-state index in [0.29, 0.717) is 5.56 Å². The van der Waals surface area contributed by atoms with E-state index in [-0.39, 0.29) is 17.6 Å². The first-order chi connectivity index (χ1) is 21.9. The fourth-order valence-corrected chi connectivity index (χ4v) is 6.71. The van der Waals surface area contributed by atoms with Crippen LogP contribution in [-0.4, -0.2) is 0 Å². The predicted octanol–water partition coefficient (Wildman–Crippen LogP) is 9.69. The van der Waals surface area contributed by atoms with E-state index in [4.69, 9.17) is 5.73 Å². The summed E-state index contributed by atoms with van der Waals surface area (Å²) in [6.45, 7) is 4.68. The molecule has 6 aromatic rings. The number of hydrogen-bond acceptors (Lipinski definition) is 3. The summed E-state index contributed by atoms with van der Waals surface area (Å²) in [5, 5.41) is 15.4. The van der Waals surface area contributed by atoms with Crippen LogP contribution in [0.25, 0.3) is 39.1 Å². The molecule has 2 unspecified atom stereocenters. The Balaban J connectivity index is 1.26. The van der Waals surface area contributed by atoms with Crippen molar-refractivity contribution in [2.45, 2.75) is 31.5 Å². The third-order valence-corrected chi connectivity index (χ3v) is 9.16. The van der Waals surface area contributed by atoms with Gasteiger partial charge in [0.15, 0.2) is 0 Å². The van der Waals surface area contributed by atoms with Gasteiger partial charge in [0, 0.05) is 5.41 Å². The van der Waals surface area contributed by atoms with Gasteiger partial charge in [-0.2, -0.15) is 5.26 Å². The Labute approximate surface area is 265 Å². The second-order valence-corrected chi connectivity index (χ2v) is 12.3. The Morgan fingerprint density at radius 2 is 1.40 bits per heavy atom. The fraction of sp³-hybridized carbons (Fsp3) is 0.119. The highest BCUT2D eigenvalue weighted by atomic mass is 15.0. The van der Waals surface area contributed by atoms with Crippen LogP contribution in [0, 0.1) is 11.3 Å². The van der Waals surface area contributed by atoms with E-state index in [1.54, 1.807) is 0 Å². The van der Waals surface area contributed by atoms with Crippen LogP contribution in [0.2, 0.25) is 0 Å². The molecule has 0 saturated carbocycles. The third kappa shape index (κ3) is 5.36. The number of nitrogens with two attached hydrogens (primary N) is 1. The van der Waals surface area contributed by atoms with Gasteiger partial charge in [0.1, 0.15) is 0 Å². The van der Waals surface area contributed by atoms with Crippen molar-refractivity contribution >= 4 is 16.8 Å². The first-order valence-electron chi connectivity index (χ1n) is 15.4. The minimum absolute atomic E-state index is 0.0836. The highest BCUT2D eigenvalue weighted by Gasteiger charge is 2.37. The summed E-state index contributed by atoms with van der Waals surface area (Å²) < 4.78 is 0. The maximum Gasteiger partial charge on any atom is 0.0991 e. The molecule has 0 aromatic heterocycles. The molecule has 1 aliphatic rings. The lowest BCUT2D eigenvalue weighted by Gasteiger charge is -2.22. The molecule has 218 valence electrons. The van der Waals surface area contributed by atoms with Crippen molar-refractivity contribution in [2.24, 2.45) is 5.73 Å². The largest absolute Gasteiger partial charge is 0.312 e. The fourth-order valence-electron chi connectivity index (χ4n) is 6.71. The first kappa shape index (κ1) is 28.5. The Morgan fingerprint density at radius 1 is 0.689 bits per heavy atom. The summed E-state index contributed by atoms with van der Waals surface area (Å²) in [4.78, 5) is 0. The van der Waals surface area contributed by atoms with Gasteiger partial charge in [0.2, 0.25) is 0 Å². The molecule has 3 N–H and O–H groups in total. The van der Waals surface area contributed by atoms with Crippen LogP contribution in [-0.2, 0) is 5.41 Å². The lowest BCUT2D eigenvalue weighted by atomic mass is 9.81. The van der Waals surface area contributed by atoms with Crippen molar-refractivity contribution in [3.63, 3.8) is 0 Å². The standard InChI is InChI=1S/C42H35N3/c1-42(2)37-17-9-16-35(40(37)36-25-32-13-6-7-14-33(32)26-38(36)42)34-15-8-10-28(24-34)20-23-39(30-21-18-29(27-43)19-22-30)45-41(44)31-11-4-3-5-12-31/h3-26,39,41,45H,44H2,1-2H3/b23-20+. The Hall–Kier alpha value is -5.27. The molecule has 0 heterocycles. The monoisotopic (exact) mass is 581 g/mol. The summed E-state index contributed by atoms with van der Waals surface area (Å²) >= 11 is 0. The first-order valence-corrected chi connectivity index (χ1v) is 15.4. The topological polar surface area (TPSA) is 61.8 Å². The van der Waals surface area contributed by atoms with Gasteiger partial charge in [-0.25, -0.2) is 0 Å². The maximum absolute atomic E-state index is 9.32. The van der Waals surface area contributed by atoms with Crippen molar-refractivity contribution in [1.29, 1.82) is 5.26 Å².